The average Bonchev–Trinajstić information content (AvgIpc) is 2.70. The number of hydrogen-bond donors (Lipinski definition) is 2. The van der Waals surface area contributed by atoms with E-state index in [0.29, 0.717) is 22.6 Å². The summed E-state index contributed by atoms with van der Waals surface area (Å²) in [4.78, 5) is 26.3. The lowest BCUT2D eigenvalue weighted by Crippen LogP contribution is -2.51. The number of rotatable bonds is 6. The Morgan fingerprint density at radius 3 is 1.18 bits per heavy atom. The molecule has 0 spiro atoms. The van der Waals surface area contributed by atoms with E-state index in [2.05, 4.69) is 10.6 Å². The average molecular weight is 467 g/mol. The van der Waals surface area contributed by atoms with Crippen LogP contribution in [0.3, 0.4) is 0 Å². The fourth-order valence-electron chi connectivity index (χ4n) is 11.7. The van der Waals surface area contributed by atoms with Crippen LogP contribution in [0.15, 0.2) is 0 Å². The quantitative estimate of drug-likeness (QED) is 0.524. The molecule has 2 N–H and O–H groups in total. The molecule has 0 aromatic rings. The summed E-state index contributed by atoms with van der Waals surface area (Å²) in [5.41, 5.74) is 0.637. The van der Waals surface area contributed by atoms with Gasteiger partial charge in [-0.1, -0.05) is 0 Å². The first-order valence-corrected chi connectivity index (χ1v) is 15.0. The maximum Gasteiger partial charge on any atom is 0.220 e. The number of carbonyl (C=O) groups excluding carboxylic acids is 2. The monoisotopic (exact) mass is 466 g/mol. The summed E-state index contributed by atoms with van der Waals surface area (Å²) in [5.74, 6) is 6.03. The molecule has 8 bridgehead atoms. The van der Waals surface area contributed by atoms with E-state index in [-0.39, 0.29) is 12.1 Å². The van der Waals surface area contributed by atoms with E-state index in [1.54, 1.807) is 0 Å². The second kappa shape index (κ2) is 8.23. The third-order valence-electron chi connectivity index (χ3n) is 11.8. The predicted octanol–water partition coefficient (Wildman–Crippen LogP) is 5.74. The van der Waals surface area contributed by atoms with E-state index in [9.17, 15) is 9.59 Å². The van der Waals surface area contributed by atoms with Crippen LogP contribution in [0.5, 0.6) is 0 Å². The van der Waals surface area contributed by atoms with Crippen LogP contribution in [0.4, 0.5) is 0 Å². The summed E-state index contributed by atoms with van der Waals surface area (Å²) in [6, 6.07) is 0.500. The van der Waals surface area contributed by atoms with Gasteiger partial charge >= 0.3 is 0 Å². The molecular weight excluding hydrogens is 420 g/mol. The van der Waals surface area contributed by atoms with Crippen LogP contribution in [-0.4, -0.2) is 23.9 Å². The van der Waals surface area contributed by atoms with E-state index in [1.807, 2.05) is 0 Å². The largest absolute Gasteiger partial charge is 0.353 e. The third-order valence-corrected chi connectivity index (χ3v) is 11.8. The van der Waals surface area contributed by atoms with Crippen molar-refractivity contribution in [1.29, 1.82) is 0 Å². The predicted molar refractivity (Wildman–Crippen MR) is 133 cm³/mol. The number of nitrogens with one attached hydrogen (secondary N) is 2. The first-order chi connectivity index (χ1) is 16.4. The molecule has 34 heavy (non-hydrogen) atoms. The third kappa shape index (κ3) is 4.23. The lowest BCUT2D eigenvalue weighted by Gasteiger charge is -2.56. The maximum absolute atomic E-state index is 13.1. The highest BCUT2D eigenvalue weighted by atomic mass is 16.2. The first kappa shape index (κ1) is 22.2. The SMILES string of the molecule is O=C(CC12CC3CC(CC(C3)C1)C2)NC1CCCC(NC(=O)CC23CC4CC(CC(C4)C2)C3)C1. The Labute approximate surface area is 206 Å². The van der Waals surface area contributed by atoms with Gasteiger partial charge in [-0.2, -0.15) is 0 Å². The molecule has 0 aromatic carbocycles. The van der Waals surface area contributed by atoms with Crippen molar-refractivity contribution in [3.8, 4) is 0 Å². The van der Waals surface area contributed by atoms with Gasteiger partial charge in [-0.3, -0.25) is 9.59 Å². The molecular formula is C30H46N2O2. The van der Waals surface area contributed by atoms with Crippen molar-refractivity contribution in [2.45, 2.75) is 128 Å². The second-order valence-electron chi connectivity index (χ2n) is 14.9. The normalized spacial score (nSPS) is 50.4. The van der Waals surface area contributed by atoms with Gasteiger partial charge in [0.1, 0.15) is 0 Å². The zero-order valence-electron chi connectivity index (χ0n) is 21.2. The van der Waals surface area contributed by atoms with Crippen molar-refractivity contribution in [2.24, 2.45) is 46.3 Å². The Bertz CT molecular complexity index is 697. The minimum absolute atomic E-state index is 0.250. The summed E-state index contributed by atoms with van der Waals surface area (Å²) < 4.78 is 0. The van der Waals surface area contributed by atoms with Crippen LogP contribution in [0, 0.1) is 46.3 Å². The molecule has 0 saturated heterocycles. The molecule has 0 aliphatic heterocycles. The first-order valence-electron chi connectivity index (χ1n) is 15.0. The van der Waals surface area contributed by atoms with Gasteiger partial charge in [0.05, 0.1) is 0 Å². The molecule has 9 aliphatic carbocycles. The number of carbonyl (C=O) groups is 2. The van der Waals surface area contributed by atoms with Gasteiger partial charge in [-0.05, 0) is 149 Å². The molecule has 2 atom stereocenters. The standard InChI is InChI=1S/C30H46N2O2/c33-27(17-29-11-19-4-20(12-29)6-21(5-19)13-29)31-25-2-1-3-26(10-25)32-28(34)18-30-14-22-7-23(15-30)9-24(8-22)16-30/h19-26H,1-18H2,(H,31,33)(H,32,34). The molecule has 9 aliphatic rings. The van der Waals surface area contributed by atoms with Gasteiger partial charge in [-0.15, -0.1) is 0 Å². The van der Waals surface area contributed by atoms with Gasteiger partial charge in [-0.25, -0.2) is 0 Å². The number of hydrogen-bond acceptors (Lipinski definition) is 2. The van der Waals surface area contributed by atoms with E-state index >= 15 is 0 Å². The zero-order chi connectivity index (χ0) is 22.9. The van der Waals surface area contributed by atoms with Crippen LogP contribution < -0.4 is 10.6 Å². The Hall–Kier alpha value is -1.06. The van der Waals surface area contributed by atoms with Crippen molar-refractivity contribution >= 4 is 11.8 Å². The minimum Gasteiger partial charge on any atom is -0.353 e. The summed E-state index contributed by atoms with van der Waals surface area (Å²) >= 11 is 0. The fraction of sp³-hybridized carbons (Fsp3) is 0.933. The molecule has 9 fully saturated rings. The number of amides is 2. The highest BCUT2D eigenvalue weighted by molar-refractivity contribution is 5.78. The molecule has 4 heteroatoms. The molecule has 4 nitrogen and oxygen atoms in total. The van der Waals surface area contributed by atoms with Crippen LogP contribution in [-0.2, 0) is 9.59 Å². The van der Waals surface area contributed by atoms with Gasteiger partial charge in [0.15, 0.2) is 0 Å². The highest BCUT2D eigenvalue weighted by Gasteiger charge is 2.52. The van der Waals surface area contributed by atoms with Crippen molar-refractivity contribution in [2.75, 3.05) is 0 Å². The van der Waals surface area contributed by atoms with Crippen molar-refractivity contribution in [3.05, 3.63) is 0 Å². The van der Waals surface area contributed by atoms with Crippen molar-refractivity contribution < 1.29 is 9.59 Å². The van der Waals surface area contributed by atoms with Crippen LogP contribution in [0.25, 0.3) is 0 Å². The van der Waals surface area contributed by atoms with Gasteiger partial charge in [0, 0.05) is 24.9 Å². The molecule has 188 valence electrons. The lowest BCUT2D eigenvalue weighted by atomic mass is 9.49. The lowest BCUT2D eigenvalue weighted by molar-refractivity contribution is -0.130. The highest BCUT2D eigenvalue weighted by Crippen LogP contribution is 2.62. The van der Waals surface area contributed by atoms with Crippen LogP contribution in [0.2, 0.25) is 0 Å². The smallest absolute Gasteiger partial charge is 0.220 e. The molecule has 9 saturated carbocycles. The van der Waals surface area contributed by atoms with Gasteiger partial charge < -0.3 is 10.6 Å². The van der Waals surface area contributed by atoms with Gasteiger partial charge in [0.2, 0.25) is 11.8 Å². The molecule has 2 unspecified atom stereocenters. The van der Waals surface area contributed by atoms with E-state index in [0.717, 1.165) is 74.0 Å². The summed E-state index contributed by atoms with van der Waals surface area (Å²) in [6.45, 7) is 0. The Balaban J connectivity index is 0.909. The Morgan fingerprint density at radius 1 is 0.529 bits per heavy atom. The van der Waals surface area contributed by atoms with Crippen molar-refractivity contribution in [3.63, 3.8) is 0 Å². The summed E-state index contributed by atoms with van der Waals surface area (Å²) in [5, 5.41) is 6.87. The molecule has 0 radical (unpaired) electrons. The fourth-order valence-corrected chi connectivity index (χ4v) is 11.7. The summed E-state index contributed by atoms with van der Waals surface area (Å²) in [6.07, 6.45) is 22.2. The van der Waals surface area contributed by atoms with Gasteiger partial charge in [0.25, 0.3) is 0 Å². The molecule has 0 heterocycles. The van der Waals surface area contributed by atoms with Crippen LogP contribution in [0.1, 0.15) is 116 Å². The molecule has 2 amide bonds. The topological polar surface area (TPSA) is 58.2 Å². The van der Waals surface area contributed by atoms with E-state index in [1.165, 1.54) is 77.0 Å². The maximum atomic E-state index is 13.1. The molecule has 9 rings (SSSR count). The van der Waals surface area contributed by atoms with Crippen molar-refractivity contribution in [1.82, 2.24) is 10.6 Å². The van der Waals surface area contributed by atoms with E-state index < -0.39 is 0 Å². The minimum atomic E-state index is 0.250. The second-order valence-corrected chi connectivity index (χ2v) is 14.9. The summed E-state index contributed by atoms with van der Waals surface area (Å²) in [7, 11) is 0. The molecule has 0 aromatic heterocycles. The Kier molecular flexibility index (Phi) is 5.37. The van der Waals surface area contributed by atoms with Crippen LogP contribution >= 0.6 is 0 Å². The zero-order valence-corrected chi connectivity index (χ0v) is 21.2. The van der Waals surface area contributed by atoms with E-state index in [4.69, 9.17) is 0 Å². The Morgan fingerprint density at radius 2 is 0.853 bits per heavy atom.